The van der Waals surface area contributed by atoms with E-state index in [4.69, 9.17) is 9.26 Å². The molecule has 6 heteroatoms. The second kappa shape index (κ2) is 7.11. The summed E-state index contributed by atoms with van der Waals surface area (Å²) in [6, 6.07) is 0. The largest absolute Gasteiger partial charge is 0.381 e. The van der Waals surface area contributed by atoms with E-state index in [9.17, 15) is 0 Å². The van der Waals surface area contributed by atoms with Gasteiger partial charge in [0.25, 0.3) is 0 Å². The quantitative estimate of drug-likeness (QED) is 0.735. The predicted molar refractivity (Wildman–Crippen MR) is 71.8 cm³/mol. The van der Waals surface area contributed by atoms with Crippen molar-refractivity contribution in [1.82, 2.24) is 15.0 Å². The van der Waals surface area contributed by atoms with Gasteiger partial charge in [-0.15, -0.1) is 0 Å². The molecular formula is C12H21N3O2S. The number of rotatable bonds is 6. The van der Waals surface area contributed by atoms with Crippen molar-refractivity contribution in [3.8, 4) is 0 Å². The molecule has 0 spiro atoms. The Hall–Kier alpha value is -0.590. The molecule has 0 bridgehead atoms. The summed E-state index contributed by atoms with van der Waals surface area (Å²) in [7, 11) is 4.16. The van der Waals surface area contributed by atoms with Gasteiger partial charge in [-0.1, -0.05) is 5.16 Å². The molecule has 0 radical (unpaired) electrons. The standard InChI is InChI=1S/C12H21N3O2S/c1-15(2)5-8-18-9-11-13-12(17-14-11)10-3-6-16-7-4-10/h10H,3-9H2,1-2H3. The van der Waals surface area contributed by atoms with Crippen LogP contribution in [-0.2, 0) is 10.5 Å². The number of hydrogen-bond donors (Lipinski definition) is 0. The van der Waals surface area contributed by atoms with Crippen LogP contribution in [0.2, 0.25) is 0 Å². The van der Waals surface area contributed by atoms with Gasteiger partial charge in [0.05, 0.1) is 5.75 Å². The van der Waals surface area contributed by atoms with Crippen LogP contribution in [0.3, 0.4) is 0 Å². The van der Waals surface area contributed by atoms with Crippen molar-refractivity contribution in [3.63, 3.8) is 0 Å². The molecule has 102 valence electrons. The third kappa shape index (κ3) is 4.26. The van der Waals surface area contributed by atoms with Crippen molar-refractivity contribution in [2.24, 2.45) is 0 Å². The maximum Gasteiger partial charge on any atom is 0.229 e. The van der Waals surface area contributed by atoms with Crippen LogP contribution in [0.25, 0.3) is 0 Å². The fourth-order valence-electron chi connectivity index (χ4n) is 1.85. The molecule has 0 unspecified atom stereocenters. The topological polar surface area (TPSA) is 51.4 Å². The lowest BCUT2D eigenvalue weighted by Gasteiger charge is -2.17. The van der Waals surface area contributed by atoms with E-state index in [0.717, 1.165) is 55.8 Å². The first kappa shape index (κ1) is 13.8. The molecule has 0 saturated carbocycles. The van der Waals surface area contributed by atoms with Gasteiger partial charge in [-0.2, -0.15) is 16.7 Å². The zero-order valence-electron chi connectivity index (χ0n) is 11.1. The Kier molecular flexibility index (Phi) is 5.46. The summed E-state index contributed by atoms with van der Waals surface area (Å²) in [6.07, 6.45) is 1.99. The van der Waals surface area contributed by atoms with E-state index in [1.54, 1.807) is 0 Å². The fourth-order valence-corrected chi connectivity index (χ4v) is 2.79. The predicted octanol–water partition coefficient (Wildman–Crippen LogP) is 1.76. The van der Waals surface area contributed by atoms with Crippen LogP contribution in [0, 0.1) is 0 Å². The van der Waals surface area contributed by atoms with E-state index in [2.05, 4.69) is 29.1 Å². The van der Waals surface area contributed by atoms with E-state index in [1.165, 1.54) is 0 Å². The summed E-state index contributed by atoms with van der Waals surface area (Å²) in [5.41, 5.74) is 0. The van der Waals surface area contributed by atoms with Crippen molar-refractivity contribution in [2.45, 2.75) is 24.5 Å². The Balaban J connectivity index is 1.75. The molecule has 2 rings (SSSR count). The monoisotopic (exact) mass is 271 g/mol. The van der Waals surface area contributed by atoms with Crippen LogP contribution >= 0.6 is 11.8 Å². The van der Waals surface area contributed by atoms with Gasteiger partial charge < -0.3 is 14.2 Å². The molecule has 18 heavy (non-hydrogen) atoms. The van der Waals surface area contributed by atoms with Crippen LogP contribution in [-0.4, -0.2) is 54.6 Å². The van der Waals surface area contributed by atoms with Gasteiger partial charge in [0.15, 0.2) is 5.82 Å². The van der Waals surface area contributed by atoms with E-state index in [1.807, 2.05) is 11.8 Å². The molecule has 0 aliphatic carbocycles. The molecule has 1 aliphatic rings. The van der Waals surface area contributed by atoms with Gasteiger partial charge >= 0.3 is 0 Å². The van der Waals surface area contributed by atoms with Crippen LogP contribution in [0.15, 0.2) is 4.52 Å². The minimum Gasteiger partial charge on any atom is -0.381 e. The van der Waals surface area contributed by atoms with Crippen molar-refractivity contribution in [3.05, 3.63) is 11.7 Å². The molecular weight excluding hydrogens is 250 g/mol. The SMILES string of the molecule is CN(C)CCSCc1noc(C2CCOCC2)n1. The molecule has 0 amide bonds. The summed E-state index contributed by atoms with van der Waals surface area (Å²) in [5.74, 6) is 3.93. The van der Waals surface area contributed by atoms with E-state index in [0.29, 0.717) is 5.92 Å². The first-order valence-electron chi connectivity index (χ1n) is 6.38. The zero-order valence-corrected chi connectivity index (χ0v) is 11.9. The smallest absolute Gasteiger partial charge is 0.229 e. The lowest BCUT2D eigenvalue weighted by atomic mass is 10.0. The number of nitrogens with zero attached hydrogens (tertiary/aromatic N) is 3. The molecule has 0 atom stereocenters. The lowest BCUT2D eigenvalue weighted by Crippen LogP contribution is -2.15. The summed E-state index contributed by atoms with van der Waals surface area (Å²) in [6.45, 7) is 2.69. The average molecular weight is 271 g/mol. The van der Waals surface area contributed by atoms with Crippen LogP contribution in [0.5, 0.6) is 0 Å². The maximum atomic E-state index is 5.34. The Morgan fingerprint density at radius 3 is 2.83 bits per heavy atom. The normalized spacial score (nSPS) is 17.5. The fraction of sp³-hybridized carbons (Fsp3) is 0.833. The highest BCUT2D eigenvalue weighted by atomic mass is 32.2. The number of hydrogen-bond acceptors (Lipinski definition) is 6. The second-order valence-electron chi connectivity index (χ2n) is 4.79. The third-order valence-electron chi connectivity index (χ3n) is 2.97. The average Bonchev–Trinajstić information content (AvgIpc) is 2.84. The van der Waals surface area contributed by atoms with E-state index < -0.39 is 0 Å². The molecule has 0 aromatic carbocycles. The first-order chi connectivity index (χ1) is 8.75. The van der Waals surface area contributed by atoms with E-state index >= 15 is 0 Å². The second-order valence-corrected chi connectivity index (χ2v) is 5.90. The van der Waals surface area contributed by atoms with Gasteiger partial charge in [-0.05, 0) is 26.9 Å². The Bertz CT molecular complexity index is 351. The third-order valence-corrected chi connectivity index (χ3v) is 3.90. The Morgan fingerprint density at radius 2 is 2.11 bits per heavy atom. The maximum absolute atomic E-state index is 5.34. The summed E-state index contributed by atoms with van der Waals surface area (Å²) >= 11 is 1.84. The van der Waals surface area contributed by atoms with Gasteiger partial charge in [-0.3, -0.25) is 0 Å². The summed E-state index contributed by atoms with van der Waals surface area (Å²) in [4.78, 5) is 6.66. The Morgan fingerprint density at radius 1 is 1.33 bits per heavy atom. The van der Waals surface area contributed by atoms with Crippen LogP contribution < -0.4 is 0 Å². The summed E-state index contributed by atoms with van der Waals surface area (Å²) < 4.78 is 10.7. The highest BCUT2D eigenvalue weighted by Gasteiger charge is 2.21. The van der Waals surface area contributed by atoms with Gasteiger partial charge in [-0.25, -0.2) is 0 Å². The molecule has 1 aliphatic heterocycles. The molecule has 1 fully saturated rings. The number of aromatic nitrogens is 2. The van der Waals surface area contributed by atoms with Crippen molar-refractivity contribution < 1.29 is 9.26 Å². The number of thioether (sulfide) groups is 1. The van der Waals surface area contributed by atoms with Crippen molar-refractivity contribution >= 4 is 11.8 Å². The molecule has 0 N–H and O–H groups in total. The number of ether oxygens (including phenoxy) is 1. The highest BCUT2D eigenvalue weighted by molar-refractivity contribution is 7.98. The van der Waals surface area contributed by atoms with Crippen molar-refractivity contribution in [1.29, 1.82) is 0 Å². The van der Waals surface area contributed by atoms with Gasteiger partial charge in [0, 0.05) is 31.4 Å². The van der Waals surface area contributed by atoms with Crippen LogP contribution in [0.4, 0.5) is 0 Å². The molecule has 5 nitrogen and oxygen atoms in total. The molecule has 1 aromatic heterocycles. The highest BCUT2D eigenvalue weighted by Crippen LogP contribution is 2.25. The zero-order chi connectivity index (χ0) is 12.8. The molecule has 2 heterocycles. The molecule has 1 aromatic rings. The van der Waals surface area contributed by atoms with Crippen molar-refractivity contribution in [2.75, 3.05) is 39.6 Å². The van der Waals surface area contributed by atoms with E-state index in [-0.39, 0.29) is 0 Å². The Labute approximate surface area is 112 Å². The van der Waals surface area contributed by atoms with Crippen LogP contribution in [0.1, 0.15) is 30.5 Å². The van der Waals surface area contributed by atoms with Gasteiger partial charge in [0.1, 0.15) is 0 Å². The molecule has 1 saturated heterocycles. The first-order valence-corrected chi connectivity index (χ1v) is 7.54. The lowest BCUT2D eigenvalue weighted by molar-refractivity contribution is 0.0778. The minimum atomic E-state index is 0.395. The minimum absolute atomic E-state index is 0.395. The summed E-state index contributed by atoms with van der Waals surface area (Å²) in [5, 5.41) is 4.05. The van der Waals surface area contributed by atoms with Gasteiger partial charge in [0.2, 0.25) is 5.89 Å².